The van der Waals surface area contributed by atoms with E-state index < -0.39 is 9.84 Å². The SMILES string of the molecule is CC1(C)CC2CS(=O)(=O)CC(C1)C2CO. The topological polar surface area (TPSA) is 54.4 Å². The molecule has 3 nitrogen and oxygen atoms in total. The van der Waals surface area contributed by atoms with Crippen molar-refractivity contribution in [2.45, 2.75) is 26.7 Å². The molecule has 0 amide bonds. The third-order valence-electron chi connectivity index (χ3n) is 3.99. The average Bonchev–Trinajstić information content (AvgIpc) is 1.97. The predicted molar refractivity (Wildman–Crippen MR) is 59.2 cm³/mol. The molecule has 0 aromatic rings. The first-order chi connectivity index (χ1) is 6.83. The summed E-state index contributed by atoms with van der Waals surface area (Å²) in [4.78, 5) is 0. The van der Waals surface area contributed by atoms with Crippen molar-refractivity contribution in [3.05, 3.63) is 0 Å². The molecule has 1 heterocycles. The molecule has 0 aromatic heterocycles. The molecular formula is C11H20O3S. The molecule has 15 heavy (non-hydrogen) atoms. The summed E-state index contributed by atoms with van der Waals surface area (Å²) in [6, 6.07) is 0. The van der Waals surface area contributed by atoms with Crippen molar-refractivity contribution in [2.75, 3.05) is 18.1 Å². The van der Waals surface area contributed by atoms with Crippen LogP contribution in [0.2, 0.25) is 0 Å². The van der Waals surface area contributed by atoms with Crippen LogP contribution < -0.4 is 0 Å². The first kappa shape index (κ1) is 11.4. The van der Waals surface area contributed by atoms with Crippen molar-refractivity contribution in [3.8, 4) is 0 Å². The molecule has 88 valence electrons. The van der Waals surface area contributed by atoms with E-state index in [2.05, 4.69) is 13.8 Å². The van der Waals surface area contributed by atoms with Gasteiger partial charge in [-0.1, -0.05) is 13.8 Å². The molecule has 2 unspecified atom stereocenters. The number of hydrogen-bond donors (Lipinski definition) is 1. The van der Waals surface area contributed by atoms with Gasteiger partial charge in [0.2, 0.25) is 0 Å². The first-order valence-electron chi connectivity index (χ1n) is 5.64. The van der Waals surface area contributed by atoms with Crippen LogP contribution in [-0.4, -0.2) is 31.6 Å². The zero-order valence-electron chi connectivity index (χ0n) is 9.44. The van der Waals surface area contributed by atoms with E-state index in [1.807, 2.05) is 0 Å². The molecule has 2 atom stereocenters. The third kappa shape index (κ3) is 2.21. The van der Waals surface area contributed by atoms with Crippen LogP contribution in [0.3, 0.4) is 0 Å². The van der Waals surface area contributed by atoms with Crippen LogP contribution in [0.5, 0.6) is 0 Å². The minimum atomic E-state index is -2.85. The second-order valence-electron chi connectivity index (χ2n) is 6.02. The van der Waals surface area contributed by atoms with Gasteiger partial charge in [0, 0.05) is 6.61 Å². The second-order valence-corrected chi connectivity index (χ2v) is 8.17. The van der Waals surface area contributed by atoms with E-state index in [9.17, 15) is 13.5 Å². The Hall–Kier alpha value is -0.0900. The number of aliphatic hydroxyl groups is 1. The molecule has 1 saturated carbocycles. The maximum absolute atomic E-state index is 11.7. The fourth-order valence-electron chi connectivity index (χ4n) is 3.57. The van der Waals surface area contributed by atoms with Crippen molar-refractivity contribution in [1.29, 1.82) is 0 Å². The molecule has 0 spiro atoms. The lowest BCUT2D eigenvalue weighted by Gasteiger charge is -2.48. The van der Waals surface area contributed by atoms with Crippen molar-refractivity contribution in [3.63, 3.8) is 0 Å². The summed E-state index contributed by atoms with van der Waals surface area (Å²) >= 11 is 0. The Balaban J connectivity index is 2.27. The summed E-state index contributed by atoms with van der Waals surface area (Å²) in [5.41, 5.74) is 0.247. The minimum Gasteiger partial charge on any atom is -0.396 e. The molecule has 1 saturated heterocycles. The second kappa shape index (κ2) is 3.45. The third-order valence-corrected chi connectivity index (χ3v) is 5.86. The summed E-state index contributed by atoms with van der Waals surface area (Å²) in [6.07, 6.45) is 1.88. The summed E-state index contributed by atoms with van der Waals surface area (Å²) in [6.45, 7) is 4.57. The van der Waals surface area contributed by atoms with E-state index in [1.54, 1.807) is 0 Å². The van der Waals surface area contributed by atoms with Gasteiger partial charge in [-0.25, -0.2) is 8.42 Å². The predicted octanol–water partition coefficient (Wildman–Crippen LogP) is 1.08. The maximum Gasteiger partial charge on any atom is 0.150 e. The number of sulfone groups is 1. The lowest BCUT2D eigenvalue weighted by Crippen LogP contribution is -2.48. The molecule has 2 fully saturated rings. The van der Waals surface area contributed by atoms with Gasteiger partial charge < -0.3 is 5.11 Å². The number of aliphatic hydroxyl groups excluding tert-OH is 1. The van der Waals surface area contributed by atoms with E-state index in [0.717, 1.165) is 12.8 Å². The first-order valence-corrected chi connectivity index (χ1v) is 7.46. The highest BCUT2D eigenvalue weighted by Crippen LogP contribution is 2.48. The van der Waals surface area contributed by atoms with Crippen molar-refractivity contribution in [2.24, 2.45) is 23.2 Å². The van der Waals surface area contributed by atoms with Crippen LogP contribution in [0.4, 0.5) is 0 Å². The van der Waals surface area contributed by atoms with E-state index in [-0.39, 0.29) is 41.3 Å². The molecule has 0 aromatic carbocycles. The number of rotatable bonds is 1. The summed E-state index contributed by atoms with van der Waals surface area (Å²) < 4.78 is 23.3. The average molecular weight is 232 g/mol. The molecule has 2 rings (SSSR count). The highest BCUT2D eigenvalue weighted by atomic mass is 32.2. The highest BCUT2D eigenvalue weighted by Gasteiger charge is 2.47. The molecule has 1 aliphatic heterocycles. The number of hydrogen-bond acceptors (Lipinski definition) is 3. The smallest absolute Gasteiger partial charge is 0.150 e. The monoisotopic (exact) mass is 232 g/mol. The Labute approximate surface area is 91.8 Å². The standard InChI is InChI=1S/C11H20O3S/c1-11(2)3-8-6-15(13,14)7-9(4-11)10(8)5-12/h8-10,12H,3-7H2,1-2H3. The lowest BCUT2D eigenvalue weighted by molar-refractivity contribution is 0.0318. The van der Waals surface area contributed by atoms with Gasteiger partial charge in [-0.15, -0.1) is 0 Å². The molecule has 2 bridgehead atoms. The van der Waals surface area contributed by atoms with E-state index in [0.29, 0.717) is 0 Å². The van der Waals surface area contributed by atoms with E-state index in [1.165, 1.54) is 0 Å². The molecule has 0 radical (unpaired) electrons. The van der Waals surface area contributed by atoms with Crippen molar-refractivity contribution in [1.82, 2.24) is 0 Å². The van der Waals surface area contributed by atoms with E-state index >= 15 is 0 Å². The maximum atomic E-state index is 11.7. The molecular weight excluding hydrogens is 212 g/mol. The summed E-state index contributed by atoms with van der Waals surface area (Å²) in [5.74, 6) is 1.17. The summed E-state index contributed by atoms with van der Waals surface area (Å²) in [7, 11) is -2.85. The lowest BCUT2D eigenvalue weighted by atomic mass is 9.63. The van der Waals surface area contributed by atoms with Crippen LogP contribution in [0, 0.1) is 23.2 Å². The van der Waals surface area contributed by atoms with Crippen LogP contribution in [0.1, 0.15) is 26.7 Å². The van der Waals surface area contributed by atoms with Gasteiger partial charge in [-0.2, -0.15) is 0 Å². The van der Waals surface area contributed by atoms with Crippen LogP contribution >= 0.6 is 0 Å². The molecule has 2 aliphatic rings. The van der Waals surface area contributed by atoms with Gasteiger partial charge >= 0.3 is 0 Å². The zero-order valence-corrected chi connectivity index (χ0v) is 10.3. The molecule has 1 aliphatic carbocycles. The van der Waals surface area contributed by atoms with Gasteiger partial charge in [0.25, 0.3) is 0 Å². The van der Waals surface area contributed by atoms with Gasteiger partial charge in [-0.3, -0.25) is 0 Å². The Morgan fingerprint density at radius 2 is 1.67 bits per heavy atom. The number of fused-ring (bicyclic) bond motifs is 2. The van der Waals surface area contributed by atoms with Crippen LogP contribution in [-0.2, 0) is 9.84 Å². The van der Waals surface area contributed by atoms with Crippen LogP contribution in [0.15, 0.2) is 0 Å². The quantitative estimate of drug-likeness (QED) is 0.736. The molecule has 1 N–H and O–H groups in total. The fourth-order valence-corrected chi connectivity index (χ4v) is 5.74. The minimum absolute atomic E-state index is 0.154. The van der Waals surface area contributed by atoms with Gasteiger partial charge in [0.15, 0.2) is 9.84 Å². The van der Waals surface area contributed by atoms with Crippen molar-refractivity contribution < 1.29 is 13.5 Å². The normalized spacial score (nSPS) is 42.5. The Kier molecular flexibility index (Phi) is 2.62. The Bertz CT molecular complexity index is 321. The van der Waals surface area contributed by atoms with Gasteiger partial charge in [0.1, 0.15) is 0 Å². The van der Waals surface area contributed by atoms with Crippen LogP contribution in [0.25, 0.3) is 0 Å². The van der Waals surface area contributed by atoms with E-state index in [4.69, 9.17) is 0 Å². The van der Waals surface area contributed by atoms with Gasteiger partial charge in [-0.05, 0) is 36.0 Å². The Morgan fingerprint density at radius 1 is 1.20 bits per heavy atom. The van der Waals surface area contributed by atoms with Gasteiger partial charge in [0.05, 0.1) is 11.5 Å². The Morgan fingerprint density at radius 3 is 2.07 bits per heavy atom. The zero-order chi connectivity index (χ0) is 11.3. The highest BCUT2D eigenvalue weighted by molar-refractivity contribution is 7.91. The largest absolute Gasteiger partial charge is 0.396 e. The van der Waals surface area contributed by atoms with Crippen molar-refractivity contribution >= 4 is 9.84 Å². The fraction of sp³-hybridized carbons (Fsp3) is 1.00. The summed E-state index contributed by atoms with van der Waals surface area (Å²) in [5, 5.41) is 9.34. The molecule has 4 heteroatoms.